The summed E-state index contributed by atoms with van der Waals surface area (Å²) in [6.45, 7) is 2.46. The molecule has 5 nitrogen and oxygen atoms in total. The van der Waals surface area contributed by atoms with Crippen LogP contribution in [-0.2, 0) is 0 Å². The zero-order valence-corrected chi connectivity index (χ0v) is 12.0. The third kappa shape index (κ3) is 2.72. The van der Waals surface area contributed by atoms with Gasteiger partial charge in [0.25, 0.3) is 5.69 Å². The quantitative estimate of drug-likeness (QED) is 0.673. The lowest BCUT2D eigenvalue weighted by Gasteiger charge is -2.51. The van der Waals surface area contributed by atoms with Crippen molar-refractivity contribution in [3.8, 4) is 0 Å². The van der Waals surface area contributed by atoms with E-state index < -0.39 is 10.7 Å². The molecular formula is C15H20FN3O2. The molecule has 114 valence electrons. The van der Waals surface area contributed by atoms with E-state index in [0.29, 0.717) is 5.69 Å². The van der Waals surface area contributed by atoms with Crippen molar-refractivity contribution in [3.63, 3.8) is 0 Å². The molecule has 2 aliphatic rings. The number of benzene rings is 1. The van der Waals surface area contributed by atoms with Crippen molar-refractivity contribution in [3.05, 3.63) is 34.1 Å². The van der Waals surface area contributed by atoms with Crippen molar-refractivity contribution in [2.45, 2.75) is 37.6 Å². The molecule has 3 rings (SSSR count). The molecule has 1 aliphatic heterocycles. The Balaban J connectivity index is 1.98. The SMILES string of the molecule is O=[N+]([O-])c1cc(F)cc(N2CCNCC23CCCCC3)c1. The Kier molecular flexibility index (Phi) is 3.80. The Labute approximate surface area is 123 Å². The average molecular weight is 293 g/mol. The highest BCUT2D eigenvalue weighted by atomic mass is 19.1. The summed E-state index contributed by atoms with van der Waals surface area (Å²) in [5.41, 5.74) is 0.456. The van der Waals surface area contributed by atoms with Crippen molar-refractivity contribution in [2.75, 3.05) is 24.5 Å². The molecule has 21 heavy (non-hydrogen) atoms. The zero-order chi connectivity index (χ0) is 14.9. The third-order valence-electron chi connectivity index (χ3n) is 4.71. The molecule has 1 spiro atoms. The van der Waals surface area contributed by atoms with Crippen molar-refractivity contribution in [1.29, 1.82) is 0 Å². The van der Waals surface area contributed by atoms with Crippen LogP contribution in [0.5, 0.6) is 0 Å². The maximum atomic E-state index is 13.8. The van der Waals surface area contributed by atoms with E-state index >= 15 is 0 Å². The zero-order valence-electron chi connectivity index (χ0n) is 12.0. The van der Waals surface area contributed by atoms with E-state index in [1.807, 2.05) is 0 Å². The standard InChI is InChI=1S/C15H20FN3O2/c16-12-8-13(10-14(9-12)19(20)21)18-7-6-17-11-15(18)4-2-1-3-5-15/h8-10,17H,1-7,11H2. The summed E-state index contributed by atoms with van der Waals surface area (Å²) in [6.07, 6.45) is 5.68. The highest BCUT2D eigenvalue weighted by Crippen LogP contribution is 2.38. The van der Waals surface area contributed by atoms with Crippen LogP contribution in [0.4, 0.5) is 15.8 Å². The summed E-state index contributed by atoms with van der Waals surface area (Å²) < 4.78 is 13.8. The van der Waals surface area contributed by atoms with Gasteiger partial charge in [0.1, 0.15) is 5.82 Å². The highest BCUT2D eigenvalue weighted by molar-refractivity contribution is 5.56. The van der Waals surface area contributed by atoms with Gasteiger partial charge in [-0.05, 0) is 18.9 Å². The van der Waals surface area contributed by atoms with E-state index in [0.717, 1.165) is 51.4 Å². The van der Waals surface area contributed by atoms with E-state index in [1.54, 1.807) is 0 Å². The van der Waals surface area contributed by atoms with Gasteiger partial charge in [0.15, 0.2) is 0 Å². The fourth-order valence-electron chi connectivity index (χ4n) is 3.72. The van der Waals surface area contributed by atoms with Gasteiger partial charge in [0.2, 0.25) is 0 Å². The molecule has 1 heterocycles. The van der Waals surface area contributed by atoms with Gasteiger partial charge in [0, 0.05) is 31.4 Å². The number of non-ortho nitro benzene ring substituents is 1. The molecule has 1 saturated carbocycles. The summed E-state index contributed by atoms with van der Waals surface area (Å²) in [5, 5.41) is 14.4. The van der Waals surface area contributed by atoms with Crippen LogP contribution < -0.4 is 10.2 Å². The fourth-order valence-corrected chi connectivity index (χ4v) is 3.72. The molecule has 2 fully saturated rings. The molecule has 1 saturated heterocycles. The van der Waals surface area contributed by atoms with E-state index in [-0.39, 0.29) is 11.2 Å². The van der Waals surface area contributed by atoms with Crippen LogP contribution in [0.25, 0.3) is 0 Å². The second-order valence-electron chi connectivity index (χ2n) is 6.04. The minimum absolute atomic E-state index is 0.0157. The number of nitro groups is 1. The first kappa shape index (κ1) is 14.3. The first-order valence-electron chi connectivity index (χ1n) is 7.54. The summed E-state index contributed by atoms with van der Waals surface area (Å²) in [5.74, 6) is -0.538. The van der Waals surface area contributed by atoms with Gasteiger partial charge in [-0.25, -0.2) is 4.39 Å². The minimum atomic E-state index is -0.538. The van der Waals surface area contributed by atoms with Crippen LogP contribution in [0, 0.1) is 15.9 Å². The Morgan fingerprint density at radius 1 is 1.24 bits per heavy atom. The number of anilines is 1. The number of rotatable bonds is 2. The molecule has 0 bridgehead atoms. The van der Waals surface area contributed by atoms with Gasteiger partial charge in [-0.3, -0.25) is 10.1 Å². The summed E-state index contributed by atoms with van der Waals surface area (Å²) in [4.78, 5) is 12.6. The Hall–Kier alpha value is -1.69. The van der Waals surface area contributed by atoms with E-state index in [9.17, 15) is 14.5 Å². The summed E-state index contributed by atoms with van der Waals surface area (Å²) in [7, 11) is 0. The third-order valence-corrected chi connectivity index (χ3v) is 4.71. The van der Waals surface area contributed by atoms with Crippen LogP contribution in [0.1, 0.15) is 32.1 Å². The normalized spacial score (nSPS) is 21.5. The van der Waals surface area contributed by atoms with Crippen molar-refractivity contribution < 1.29 is 9.31 Å². The predicted molar refractivity (Wildman–Crippen MR) is 79.1 cm³/mol. The average Bonchev–Trinajstić information content (AvgIpc) is 2.48. The van der Waals surface area contributed by atoms with Crippen LogP contribution >= 0.6 is 0 Å². The molecule has 0 unspecified atom stereocenters. The molecule has 1 aromatic carbocycles. The van der Waals surface area contributed by atoms with Crippen LogP contribution in [-0.4, -0.2) is 30.1 Å². The largest absolute Gasteiger partial charge is 0.363 e. The van der Waals surface area contributed by atoms with E-state index in [4.69, 9.17) is 0 Å². The lowest BCUT2D eigenvalue weighted by molar-refractivity contribution is -0.385. The molecule has 1 N–H and O–H groups in total. The number of hydrogen-bond donors (Lipinski definition) is 1. The molecule has 1 aliphatic carbocycles. The molecular weight excluding hydrogens is 273 g/mol. The number of nitro benzene ring substituents is 1. The highest BCUT2D eigenvalue weighted by Gasteiger charge is 2.40. The lowest BCUT2D eigenvalue weighted by atomic mass is 9.78. The number of nitrogens with zero attached hydrogens (tertiary/aromatic N) is 2. The molecule has 0 amide bonds. The summed E-state index contributed by atoms with van der Waals surface area (Å²) in [6, 6.07) is 3.92. The van der Waals surface area contributed by atoms with E-state index in [1.165, 1.54) is 18.6 Å². The topological polar surface area (TPSA) is 58.4 Å². The smallest absolute Gasteiger partial charge is 0.274 e. The maximum absolute atomic E-state index is 13.8. The van der Waals surface area contributed by atoms with Crippen molar-refractivity contribution >= 4 is 11.4 Å². The lowest BCUT2D eigenvalue weighted by Crippen LogP contribution is -2.62. The first-order chi connectivity index (χ1) is 10.1. The van der Waals surface area contributed by atoms with Crippen LogP contribution in [0.15, 0.2) is 18.2 Å². The molecule has 6 heteroatoms. The number of piperazine rings is 1. The first-order valence-corrected chi connectivity index (χ1v) is 7.54. The molecule has 0 aromatic heterocycles. The predicted octanol–water partition coefficient (Wildman–Crippen LogP) is 2.85. The maximum Gasteiger partial charge on any atom is 0.274 e. The van der Waals surface area contributed by atoms with Crippen molar-refractivity contribution in [2.24, 2.45) is 0 Å². The Morgan fingerprint density at radius 2 is 2.00 bits per heavy atom. The van der Waals surface area contributed by atoms with Gasteiger partial charge >= 0.3 is 0 Å². The van der Waals surface area contributed by atoms with Crippen LogP contribution in [0.3, 0.4) is 0 Å². The second-order valence-corrected chi connectivity index (χ2v) is 6.04. The Bertz CT molecular complexity index is 535. The van der Waals surface area contributed by atoms with Gasteiger partial charge in [-0.15, -0.1) is 0 Å². The van der Waals surface area contributed by atoms with Crippen LogP contribution in [0.2, 0.25) is 0 Å². The second kappa shape index (κ2) is 5.60. The monoisotopic (exact) mass is 293 g/mol. The van der Waals surface area contributed by atoms with Gasteiger partial charge in [-0.1, -0.05) is 19.3 Å². The number of hydrogen-bond acceptors (Lipinski definition) is 4. The number of nitrogens with one attached hydrogen (secondary N) is 1. The van der Waals surface area contributed by atoms with Gasteiger partial charge < -0.3 is 10.2 Å². The fraction of sp³-hybridized carbons (Fsp3) is 0.600. The minimum Gasteiger partial charge on any atom is -0.363 e. The number of halogens is 1. The molecule has 1 aromatic rings. The van der Waals surface area contributed by atoms with Gasteiger partial charge in [-0.2, -0.15) is 0 Å². The molecule has 0 radical (unpaired) electrons. The van der Waals surface area contributed by atoms with Gasteiger partial charge in [0.05, 0.1) is 16.5 Å². The Morgan fingerprint density at radius 3 is 2.71 bits per heavy atom. The molecule has 0 atom stereocenters. The van der Waals surface area contributed by atoms with E-state index in [2.05, 4.69) is 10.2 Å². The summed E-state index contributed by atoms with van der Waals surface area (Å²) >= 11 is 0. The van der Waals surface area contributed by atoms with Crippen molar-refractivity contribution in [1.82, 2.24) is 5.32 Å².